The molecule has 19 rings (SSSR count). The quantitative estimate of drug-likeness (QED) is 0.113. The molecule has 0 radical (unpaired) electrons. The van der Waals surface area contributed by atoms with E-state index in [2.05, 4.69) is 403 Å². The summed E-state index contributed by atoms with van der Waals surface area (Å²) in [6, 6.07) is 122. The summed E-state index contributed by atoms with van der Waals surface area (Å²) in [5.41, 5.74) is 31.8. The second-order valence-corrected chi connectivity index (χ2v) is 30.1. The third-order valence-electron chi connectivity index (χ3n) is 23.0. The zero-order chi connectivity index (χ0) is 69.3. The lowest BCUT2D eigenvalue weighted by Crippen LogP contribution is -2.16. The standard InChI is InChI=1S/C101H76N2/c1-99(2)93-57-65(29-31-67-35-53-89-91-55-49-81(63-97(91)100(3,4)95(89)59-67)102(79-47-37-69-17-7-9-21-75(69)61-79)77-43-39-73(40-44-77)85-27-15-23-71-19-11-13-25-83(71)85)33-51-87(93)88-52-34-66(58-94(88)99)30-32-68-36-54-90-92-56-50-82(64-98(92)101(5,6)96(90)60-68)103(80-48-38-70-18-8-10-22-76(70)62-80)78-45-41-74(42-46-78)86-28-16-24-72-20-12-14-26-84(72)86/h7-64H,1-6H3. The van der Waals surface area contributed by atoms with Gasteiger partial charge in [0.1, 0.15) is 0 Å². The smallest absolute Gasteiger partial charge is 0.0468 e. The van der Waals surface area contributed by atoms with Crippen LogP contribution in [0.5, 0.6) is 0 Å². The van der Waals surface area contributed by atoms with Crippen molar-refractivity contribution in [2.75, 3.05) is 9.80 Å². The lowest BCUT2D eigenvalue weighted by Gasteiger charge is -2.28. The molecule has 3 aliphatic carbocycles. The minimum atomic E-state index is -0.232. The van der Waals surface area contributed by atoms with Crippen LogP contribution in [-0.2, 0) is 16.2 Å². The average molecular weight is 1320 g/mol. The molecular formula is C101H76N2. The Bertz CT molecular complexity index is 5820. The third-order valence-corrected chi connectivity index (χ3v) is 23.0. The average Bonchev–Trinajstić information content (AvgIpc) is 1.59. The van der Waals surface area contributed by atoms with E-state index in [4.69, 9.17) is 0 Å². The maximum Gasteiger partial charge on any atom is 0.0468 e. The first-order valence-electron chi connectivity index (χ1n) is 36.3. The van der Waals surface area contributed by atoms with Crippen LogP contribution in [0.4, 0.5) is 34.1 Å². The zero-order valence-electron chi connectivity index (χ0n) is 58.9. The van der Waals surface area contributed by atoms with Gasteiger partial charge in [-0.15, -0.1) is 0 Å². The van der Waals surface area contributed by atoms with Crippen LogP contribution in [0, 0.1) is 0 Å². The van der Waals surface area contributed by atoms with Crippen molar-refractivity contribution < 1.29 is 0 Å². The molecule has 2 nitrogen and oxygen atoms in total. The summed E-state index contributed by atoms with van der Waals surface area (Å²) in [6.07, 6.45) is 9.22. The number of rotatable bonds is 12. The molecule has 0 heterocycles. The number of fused-ring (bicyclic) bond motifs is 13. The molecule has 0 saturated carbocycles. The van der Waals surface area contributed by atoms with E-state index in [9.17, 15) is 0 Å². The van der Waals surface area contributed by atoms with Crippen LogP contribution in [-0.4, -0.2) is 0 Å². The van der Waals surface area contributed by atoms with E-state index in [-0.39, 0.29) is 16.2 Å². The molecule has 0 aliphatic heterocycles. The van der Waals surface area contributed by atoms with Gasteiger partial charge < -0.3 is 9.80 Å². The Morgan fingerprint density at radius 2 is 0.456 bits per heavy atom. The third kappa shape index (κ3) is 10.4. The Labute approximate surface area is 604 Å². The maximum absolute atomic E-state index is 2.44. The highest BCUT2D eigenvalue weighted by Gasteiger charge is 2.39. The molecular weight excluding hydrogens is 1240 g/mol. The predicted octanol–water partition coefficient (Wildman–Crippen LogP) is 27.8. The number of hydrogen-bond acceptors (Lipinski definition) is 2. The first kappa shape index (κ1) is 61.7. The van der Waals surface area contributed by atoms with Crippen molar-refractivity contribution in [3.05, 3.63) is 383 Å². The zero-order valence-corrected chi connectivity index (χ0v) is 58.9. The summed E-state index contributed by atoms with van der Waals surface area (Å²) in [5.74, 6) is 0. The number of benzene rings is 16. The summed E-state index contributed by atoms with van der Waals surface area (Å²) >= 11 is 0. The fourth-order valence-corrected chi connectivity index (χ4v) is 17.4. The van der Waals surface area contributed by atoms with Crippen LogP contribution in [0.2, 0.25) is 0 Å². The summed E-state index contributed by atoms with van der Waals surface area (Å²) in [6.45, 7) is 14.4. The van der Waals surface area contributed by atoms with E-state index >= 15 is 0 Å². The van der Waals surface area contributed by atoms with Gasteiger partial charge in [0.2, 0.25) is 0 Å². The monoisotopic (exact) mass is 1320 g/mol. The first-order chi connectivity index (χ1) is 50.3. The summed E-state index contributed by atoms with van der Waals surface area (Å²) < 4.78 is 0. The highest BCUT2D eigenvalue weighted by atomic mass is 15.1. The van der Waals surface area contributed by atoms with Crippen molar-refractivity contribution >= 4 is 102 Å². The molecule has 0 unspecified atom stereocenters. The van der Waals surface area contributed by atoms with Crippen LogP contribution in [0.3, 0.4) is 0 Å². The highest BCUT2D eigenvalue weighted by Crippen LogP contribution is 2.55. The summed E-state index contributed by atoms with van der Waals surface area (Å²) in [4.78, 5) is 4.86. The largest absolute Gasteiger partial charge is 0.310 e. The van der Waals surface area contributed by atoms with Crippen LogP contribution < -0.4 is 9.80 Å². The van der Waals surface area contributed by atoms with Gasteiger partial charge in [0, 0.05) is 50.4 Å². The first-order valence-corrected chi connectivity index (χ1v) is 36.3. The van der Waals surface area contributed by atoms with Gasteiger partial charge in [0.05, 0.1) is 0 Å². The van der Waals surface area contributed by atoms with E-state index in [0.717, 1.165) is 34.1 Å². The Morgan fingerprint density at radius 3 is 0.806 bits per heavy atom. The van der Waals surface area contributed by atoms with Gasteiger partial charge in [-0.2, -0.15) is 0 Å². The van der Waals surface area contributed by atoms with E-state index in [0.29, 0.717) is 0 Å². The van der Waals surface area contributed by atoms with Gasteiger partial charge in [-0.3, -0.25) is 0 Å². The Morgan fingerprint density at radius 1 is 0.194 bits per heavy atom. The molecule has 0 amide bonds. The normalized spacial score (nSPS) is 14.1. The minimum Gasteiger partial charge on any atom is -0.310 e. The lowest BCUT2D eigenvalue weighted by atomic mass is 9.81. The Balaban J connectivity index is 0.567. The van der Waals surface area contributed by atoms with Crippen molar-refractivity contribution in [2.45, 2.75) is 57.8 Å². The molecule has 0 bridgehead atoms. The molecule has 0 fully saturated rings. The van der Waals surface area contributed by atoms with Crippen LogP contribution in [0.1, 0.15) is 97.2 Å². The highest BCUT2D eigenvalue weighted by molar-refractivity contribution is 6.00. The second kappa shape index (κ2) is 23.9. The molecule has 16 aromatic rings. The van der Waals surface area contributed by atoms with Crippen molar-refractivity contribution in [3.8, 4) is 55.6 Å². The van der Waals surface area contributed by atoms with E-state index < -0.39 is 0 Å². The topological polar surface area (TPSA) is 6.48 Å². The van der Waals surface area contributed by atoms with Crippen molar-refractivity contribution in [1.82, 2.24) is 0 Å². The SMILES string of the molecule is CC1(C)c2cc(C=Cc3ccc4c(c3)C(C)(C)c3cc(N(c5ccc(-c6cccc7ccccc67)cc5)c5ccc6ccccc6c5)ccc3-4)ccc2-c2ccc(C=Cc3ccc4c(c3)C(C)(C)c3cc(N(c5ccc(-c6cccc7ccccc67)cc5)c5ccc6ccccc6c5)ccc3-4)cc21. The van der Waals surface area contributed by atoms with Gasteiger partial charge in [0.15, 0.2) is 0 Å². The molecule has 0 aromatic heterocycles. The second-order valence-electron chi connectivity index (χ2n) is 30.1. The van der Waals surface area contributed by atoms with Crippen molar-refractivity contribution in [3.63, 3.8) is 0 Å². The van der Waals surface area contributed by atoms with Crippen LogP contribution >= 0.6 is 0 Å². The van der Waals surface area contributed by atoms with Crippen molar-refractivity contribution in [1.29, 1.82) is 0 Å². The lowest BCUT2D eigenvalue weighted by molar-refractivity contribution is 0.660. The predicted molar refractivity (Wildman–Crippen MR) is 440 cm³/mol. The Kier molecular flexibility index (Phi) is 14.3. The summed E-state index contributed by atoms with van der Waals surface area (Å²) in [7, 11) is 0. The minimum absolute atomic E-state index is 0.182. The maximum atomic E-state index is 2.44. The van der Waals surface area contributed by atoms with Crippen LogP contribution in [0.25, 0.3) is 123 Å². The molecule has 490 valence electrons. The molecule has 0 saturated heterocycles. The van der Waals surface area contributed by atoms with Crippen LogP contribution in [0.15, 0.2) is 328 Å². The molecule has 2 heteroatoms. The fraction of sp³-hybridized carbons (Fsp3) is 0.0891. The molecule has 0 N–H and O–H groups in total. The van der Waals surface area contributed by atoms with E-state index in [1.807, 2.05) is 0 Å². The van der Waals surface area contributed by atoms with E-state index in [1.54, 1.807) is 0 Å². The molecule has 16 aromatic carbocycles. The van der Waals surface area contributed by atoms with Crippen molar-refractivity contribution in [2.24, 2.45) is 0 Å². The molecule has 103 heavy (non-hydrogen) atoms. The van der Waals surface area contributed by atoms with Gasteiger partial charge in [-0.25, -0.2) is 0 Å². The summed E-state index contributed by atoms with van der Waals surface area (Å²) in [5, 5.41) is 9.92. The number of hydrogen-bond donors (Lipinski definition) is 0. The number of anilines is 6. The molecule has 0 spiro atoms. The molecule has 0 atom stereocenters. The van der Waals surface area contributed by atoms with Gasteiger partial charge in [-0.1, -0.05) is 321 Å². The molecule has 3 aliphatic rings. The number of nitrogens with zero attached hydrogens (tertiary/aromatic N) is 2. The Hall–Kier alpha value is -12.4. The van der Waals surface area contributed by atoms with Gasteiger partial charge in [0.25, 0.3) is 0 Å². The fourth-order valence-electron chi connectivity index (χ4n) is 17.4. The van der Waals surface area contributed by atoms with E-state index in [1.165, 1.54) is 154 Å². The van der Waals surface area contributed by atoms with Gasteiger partial charge in [-0.05, 0) is 227 Å². The van der Waals surface area contributed by atoms with Gasteiger partial charge >= 0.3 is 0 Å².